The highest BCUT2D eigenvalue weighted by Gasteiger charge is 2.17. The molecule has 0 radical (unpaired) electrons. The number of hydrogen-bond donors (Lipinski definition) is 0. The van der Waals surface area contributed by atoms with Crippen LogP contribution >= 0.6 is 0 Å². The molecule has 0 heterocycles. The third kappa shape index (κ3) is 3.61. The predicted molar refractivity (Wildman–Crippen MR) is 79.4 cm³/mol. The van der Waals surface area contributed by atoms with E-state index in [0.29, 0.717) is 5.56 Å². The summed E-state index contributed by atoms with van der Waals surface area (Å²) in [6.45, 7) is 1.88. The standard InChI is InChI=1S/C16H14FNO2S/c1-13-6-8-16(9-7-13)21(19,20)18(2)11-10-14-4-3-5-15(17)12-14/h3-9,12H,1-2H3. The maximum absolute atomic E-state index is 13.0. The van der Waals surface area contributed by atoms with Crippen molar-refractivity contribution in [3.63, 3.8) is 0 Å². The third-order valence-corrected chi connectivity index (χ3v) is 4.54. The number of rotatable bonds is 2. The molecule has 0 unspecified atom stereocenters. The van der Waals surface area contributed by atoms with Crippen molar-refractivity contribution in [2.24, 2.45) is 0 Å². The van der Waals surface area contributed by atoms with E-state index in [0.717, 1.165) is 9.87 Å². The molecular formula is C16H14FNO2S. The summed E-state index contributed by atoms with van der Waals surface area (Å²) >= 11 is 0. The zero-order chi connectivity index (χ0) is 15.5. The average Bonchev–Trinajstić information content (AvgIpc) is 2.45. The van der Waals surface area contributed by atoms with Gasteiger partial charge in [0.25, 0.3) is 10.0 Å². The lowest BCUT2D eigenvalue weighted by Gasteiger charge is -2.12. The Bertz CT molecular complexity index is 802. The van der Waals surface area contributed by atoms with Gasteiger partial charge in [0.1, 0.15) is 5.82 Å². The highest BCUT2D eigenvalue weighted by atomic mass is 32.2. The van der Waals surface area contributed by atoms with Crippen LogP contribution in [0.1, 0.15) is 11.1 Å². The summed E-state index contributed by atoms with van der Waals surface area (Å²) in [6, 6.07) is 14.7. The van der Waals surface area contributed by atoms with E-state index in [9.17, 15) is 12.8 Å². The molecule has 0 atom stereocenters. The first-order valence-electron chi connectivity index (χ1n) is 6.22. The van der Waals surface area contributed by atoms with Gasteiger partial charge in [0.15, 0.2) is 0 Å². The van der Waals surface area contributed by atoms with E-state index in [-0.39, 0.29) is 4.90 Å². The van der Waals surface area contributed by atoms with Crippen molar-refractivity contribution < 1.29 is 12.8 Å². The first-order chi connectivity index (χ1) is 9.89. The van der Waals surface area contributed by atoms with E-state index in [2.05, 4.69) is 12.0 Å². The van der Waals surface area contributed by atoms with Gasteiger partial charge in [-0.15, -0.1) is 0 Å². The number of nitrogens with zero attached hydrogens (tertiary/aromatic N) is 1. The highest BCUT2D eigenvalue weighted by Crippen LogP contribution is 2.14. The summed E-state index contributed by atoms with van der Waals surface area (Å²) in [5, 5.41) is 0. The van der Waals surface area contributed by atoms with Gasteiger partial charge in [-0.1, -0.05) is 23.8 Å². The topological polar surface area (TPSA) is 37.4 Å². The molecule has 5 heteroatoms. The Balaban J connectivity index is 2.28. The van der Waals surface area contributed by atoms with Crippen molar-refractivity contribution in [3.05, 3.63) is 65.5 Å². The van der Waals surface area contributed by atoms with Crippen LogP contribution in [0, 0.1) is 24.7 Å². The lowest BCUT2D eigenvalue weighted by molar-refractivity contribution is 0.547. The molecule has 0 spiro atoms. The lowest BCUT2D eigenvalue weighted by atomic mass is 10.2. The molecular weight excluding hydrogens is 289 g/mol. The Morgan fingerprint density at radius 2 is 1.76 bits per heavy atom. The van der Waals surface area contributed by atoms with Gasteiger partial charge in [-0.3, -0.25) is 0 Å². The van der Waals surface area contributed by atoms with Crippen molar-refractivity contribution in [3.8, 4) is 12.0 Å². The average molecular weight is 303 g/mol. The molecule has 0 bridgehead atoms. The van der Waals surface area contributed by atoms with E-state index >= 15 is 0 Å². The second-order valence-electron chi connectivity index (χ2n) is 4.53. The molecule has 2 aromatic rings. The Morgan fingerprint density at radius 1 is 1.10 bits per heavy atom. The van der Waals surface area contributed by atoms with Gasteiger partial charge in [-0.05, 0) is 43.2 Å². The van der Waals surface area contributed by atoms with Crippen molar-refractivity contribution >= 4 is 10.0 Å². The number of benzene rings is 2. The fourth-order valence-electron chi connectivity index (χ4n) is 1.64. The Kier molecular flexibility index (Phi) is 4.29. The van der Waals surface area contributed by atoms with Crippen LogP contribution < -0.4 is 0 Å². The molecule has 0 aliphatic heterocycles. The minimum absolute atomic E-state index is 0.171. The number of halogens is 1. The van der Waals surface area contributed by atoms with Crippen molar-refractivity contribution in [2.75, 3.05) is 7.05 Å². The smallest absolute Gasteiger partial charge is 0.227 e. The molecule has 0 saturated carbocycles. The molecule has 3 nitrogen and oxygen atoms in total. The summed E-state index contributed by atoms with van der Waals surface area (Å²) in [6.07, 6.45) is 0. The van der Waals surface area contributed by atoms with Gasteiger partial charge >= 0.3 is 0 Å². The first kappa shape index (κ1) is 15.1. The fraction of sp³-hybridized carbons (Fsp3) is 0.125. The van der Waals surface area contributed by atoms with E-state index in [1.54, 1.807) is 18.2 Å². The Labute approximate surface area is 124 Å². The summed E-state index contributed by atoms with van der Waals surface area (Å²) in [5.41, 5.74) is 1.39. The largest absolute Gasteiger partial charge is 0.270 e. The fourth-order valence-corrected chi connectivity index (χ4v) is 2.60. The molecule has 0 aliphatic rings. The monoisotopic (exact) mass is 303 g/mol. The maximum atomic E-state index is 13.0. The quantitative estimate of drug-likeness (QED) is 0.632. The van der Waals surface area contributed by atoms with Crippen molar-refractivity contribution in [2.45, 2.75) is 11.8 Å². The maximum Gasteiger partial charge on any atom is 0.270 e. The van der Waals surface area contributed by atoms with Gasteiger partial charge in [0, 0.05) is 18.7 Å². The van der Waals surface area contributed by atoms with Crippen LogP contribution in [0.15, 0.2) is 53.4 Å². The van der Waals surface area contributed by atoms with E-state index in [1.807, 2.05) is 6.92 Å². The summed E-state index contributed by atoms with van der Waals surface area (Å²) in [7, 11) is -2.31. The summed E-state index contributed by atoms with van der Waals surface area (Å²) < 4.78 is 38.5. The molecule has 2 aromatic carbocycles. The minimum Gasteiger partial charge on any atom is -0.227 e. The van der Waals surface area contributed by atoms with Crippen LogP contribution in [-0.4, -0.2) is 19.8 Å². The second kappa shape index (κ2) is 5.98. The molecule has 0 aromatic heterocycles. The Morgan fingerprint density at radius 3 is 2.38 bits per heavy atom. The number of hydrogen-bond acceptors (Lipinski definition) is 2. The van der Waals surface area contributed by atoms with E-state index in [4.69, 9.17) is 0 Å². The lowest BCUT2D eigenvalue weighted by Crippen LogP contribution is -2.22. The van der Waals surface area contributed by atoms with Crippen molar-refractivity contribution in [1.29, 1.82) is 0 Å². The van der Waals surface area contributed by atoms with Gasteiger partial charge in [-0.25, -0.2) is 17.1 Å². The van der Waals surface area contributed by atoms with Crippen LogP contribution in [0.4, 0.5) is 4.39 Å². The number of aryl methyl sites for hydroxylation is 1. The third-order valence-electron chi connectivity index (χ3n) is 2.86. The molecule has 21 heavy (non-hydrogen) atoms. The first-order valence-corrected chi connectivity index (χ1v) is 7.66. The molecule has 0 aliphatic carbocycles. The second-order valence-corrected chi connectivity index (χ2v) is 6.50. The van der Waals surface area contributed by atoms with Gasteiger partial charge in [0.2, 0.25) is 0 Å². The Hall–Kier alpha value is -2.32. The van der Waals surface area contributed by atoms with Crippen LogP contribution in [0.3, 0.4) is 0 Å². The molecule has 0 saturated heterocycles. The summed E-state index contributed by atoms with van der Waals surface area (Å²) in [5.74, 6) is 2.22. The molecule has 0 fully saturated rings. The van der Waals surface area contributed by atoms with Crippen molar-refractivity contribution in [1.82, 2.24) is 4.31 Å². The minimum atomic E-state index is -3.67. The highest BCUT2D eigenvalue weighted by molar-refractivity contribution is 7.89. The molecule has 0 N–H and O–H groups in total. The van der Waals surface area contributed by atoms with Crippen LogP contribution in [0.2, 0.25) is 0 Å². The van der Waals surface area contributed by atoms with E-state index in [1.165, 1.54) is 37.4 Å². The van der Waals surface area contributed by atoms with Crippen LogP contribution in [0.5, 0.6) is 0 Å². The van der Waals surface area contributed by atoms with Gasteiger partial charge in [-0.2, -0.15) is 0 Å². The SMILES string of the molecule is Cc1ccc(S(=O)(=O)N(C)C#Cc2cccc(F)c2)cc1. The zero-order valence-corrected chi connectivity index (χ0v) is 12.5. The normalized spacial score (nSPS) is 10.6. The zero-order valence-electron chi connectivity index (χ0n) is 11.7. The van der Waals surface area contributed by atoms with Crippen LogP contribution in [-0.2, 0) is 10.0 Å². The molecule has 108 valence electrons. The molecule has 0 amide bonds. The van der Waals surface area contributed by atoms with Crippen LogP contribution in [0.25, 0.3) is 0 Å². The summed E-state index contributed by atoms with van der Waals surface area (Å²) in [4.78, 5) is 0.171. The molecule has 2 rings (SSSR count). The number of sulfonamides is 1. The van der Waals surface area contributed by atoms with Gasteiger partial charge < -0.3 is 0 Å². The predicted octanol–water partition coefficient (Wildman–Crippen LogP) is 2.76. The van der Waals surface area contributed by atoms with E-state index < -0.39 is 15.8 Å². The van der Waals surface area contributed by atoms with Gasteiger partial charge in [0.05, 0.1) is 4.90 Å².